The number of carbonyl (C=O) groups excluding carboxylic acids is 1. The summed E-state index contributed by atoms with van der Waals surface area (Å²) in [6.07, 6.45) is 4.46. The van der Waals surface area contributed by atoms with Crippen LogP contribution in [0.1, 0.15) is 32.6 Å². The number of rotatable bonds is 7. The van der Waals surface area contributed by atoms with Crippen LogP contribution in [0.4, 0.5) is 0 Å². The Hall–Kier alpha value is -0.660. The number of likely N-dealkylation sites (tertiary alicyclic amines) is 1. The van der Waals surface area contributed by atoms with E-state index in [9.17, 15) is 13.2 Å². The molecular formula is C13H27N3O3S. The normalized spacial score (nSPS) is 21.8. The number of nitrogens with zero attached hydrogens (tertiary/aromatic N) is 1. The third kappa shape index (κ3) is 6.19. The maximum Gasteiger partial charge on any atom is 0.222 e. The van der Waals surface area contributed by atoms with E-state index in [0.717, 1.165) is 32.1 Å². The largest absolute Gasteiger partial charge is 0.342 e. The molecule has 118 valence electrons. The Morgan fingerprint density at radius 2 is 2.20 bits per heavy atom. The van der Waals surface area contributed by atoms with Crippen molar-refractivity contribution in [3.63, 3.8) is 0 Å². The molecule has 2 unspecified atom stereocenters. The molecule has 0 bridgehead atoms. The van der Waals surface area contributed by atoms with Crippen LogP contribution in [0.3, 0.4) is 0 Å². The summed E-state index contributed by atoms with van der Waals surface area (Å²) < 4.78 is 24.7. The molecule has 1 aliphatic rings. The first-order valence-electron chi connectivity index (χ1n) is 7.28. The van der Waals surface area contributed by atoms with Crippen LogP contribution in [-0.2, 0) is 14.8 Å². The number of amides is 1. The number of carbonyl (C=O) groups is 1. The van der Waals surface area contributed by atoms with E-state index in [1.165, 1.54) is 0 Å². The predicted molar refractivity (Wildman–Crippen MR) is 79.6 cm³/mol. The van der Waals surface area contributed by atoms with Crippen molar-refractivity contribution in [1.82, 2.24) is 9.62 Å². The van der Waals surface area contributed by atoms with Crippen LogP contribution in [0, 0.1) is 11.8 Å². The summed E-state index contributed by atoms with van der Waals surface area (Å²) in [6, 6.07) is 0. The first kappa shape index (κ1) is 17.4. The topological polar surface area (TPSA) is 92.5 Å². The highest BCUT2D eigenvalue weighted by atomic mass is 32.2. The molecule has 3 N–H and O–H groups in total. The van der Waals surface area contributed by atoms with Crippen molar-refractivity contribution in [2.45, 2.75) is 32.6 Å². The molecule has 20 heavy (non-hydrogen) atoms. The number of sulfonamides is 1. The van der Waals surface area contributed by atoms with Crippen LogP contribution < -0.4 is 10.5 Å². The molecule has 2 atom stereocenters. The van der Waals surface area contributed by atoms with Crippen LogP contribution in [-0.4, -0.2) is 51.7 Å². The van der Waals surface area contributed by atoms with E-state index in [1.54, 1.807) is 0 Å². The third-order valence-corrected chi connectivity index (χ3v) is 4.57. The summed E-state index contributed by atoms with van der Waals surface area (Å²) in [5, 5.41) is 0. The van der Waals surface area contributed by atoms with Crippen molar-refractivity contribution in [2.24, 2.45) is 17.6 Å². The lowest BCUT2D eigenvalue weighted by molar-refractivity contribution is -0.133. The number of hydrogen-bond donors (Lipinski definition) is 2. The summed E-state index contributed by atoms with van der Waals surface area (Å²) in [5.41, 5.74) is 5.64. The minimum Gasteiger partial charge on any atom is -0.342 e. The zero-order valence-electron chi connectivity index (χ0n) is 12.5. The van der Waals surface area contributed by atoms with E-state index in [4.69, 9.17) is 5.73 Å². The molecule has 1 aliphatic heterocycles. The fourth-order valence-corrected chi connectivity index (χ4v) is 3.04. The van der Waals surface area contributed by atoms with Crippen molar-refractivity contribution in [1.29, 1.82) is 0 Å². The molecule has 0 saturated carbocycles. The van der Waals surface area contributed by atoms with Crippen LogP contribution in [0.15, 0.2) is 0 Å². The molecule has 1 saturated heterocycles. The second kappa shape index (κ2) is 7.95. The predicted octanol–water partition coefficient (Wildman–Crippen LogP) is 0.149. The first-order chi connectivity index (χ1) is 9.35. The quantitative estimate of drug-likeness (QED) is 0.700. The monoisotopic (exact) mass is 305 g/mol. The van der Waals surface area contributed by atoms with Gasteiger partial charge in [-0.2, -0.15) is 0 Å². The fourth-order valence-electron chi connectivity index (χ4n) is 2.50. The first-order valence-corrected chi connectivity index (χ1v) is 9.17. The van der Waals surface area contributed by atoms with E-state index in [2.05, 4.69) is 4.72 Å². The van der Waals surface area contributed by atoms with Gasteiger partial charge in [-0.15, -0.1) is 0 Å². The molecule has 0 aliphatic carbocycles. The standard InChI is InChI=1S/C13H27N3O3S/c1-3-11(8-14)7-13(17)16-6-4-5-12(10-16)9-15-20(2,18)19/h11-12,15H,3-10,14H2,1-2H3. The maximum atomic E-state index is 12.2. The summed E-state index contributed by atoms with van der Waals surface area (Å²) >= 11 is 0. The van der Waals surface area contributed by atoms with Gasteiger partial charge in [-0.1, -0.05) is 13.3 Å². The molecule has 1 heterocycles. The Balaban J connectivity index is 2.45. The zero-order chi connectivity index (χ0) is 15.2. The van der Waals surface area contributed by atoms with Crippen molar-refractivity contribution < 1.29 is 13.2 Å². The van der Waals surface area contributed by atoms with Gasteiger partial charge in [-0.3, -0.25) is 4.79 Å². The van der Waals surface area contributed by atoms with Gasteiger partial charge >= 0.3 is 0 Å². The van der Waals surface area contributed by atoms with Gasteiger partial charge in [0, 0.05) is 26.1 Å². The lowest BCUT2D eigenvalue weighted by Crippen LogP contribution is -2.44. The zero-order valence-corrected chi connectivity index (χ0v) is 13.3. The Labute approximate surface area is 122 Å². The summed E-state index contributed by atoms with van der Waals surface area (Å²) in [5.74, 6) is 0.601. The van der Waals surface area contributed by atoms with Crippen LogP contribution in [0.5, 0.6) is 0 Å². The van der Waals surface area contributed by atoms with Crippen molar-refractivity contribution in [3.8, 4) is 0 Å². The minimum absolute atomic E-state index is 0.145. The minimum atomic E-state index is -3.16. The van der Waals surface area contributed by atoms with Crippen LogP contribution in [0.2, 0.25) is 0 Å². The van der Waals surface area contributed by atoms with E-state index in [1.807, 2.05) is 11.8 Å². The molecule has 6 nitrogen and oxygen atoms in total. The Morgan fingerprint density at radius 1 is 1.50 bits per heavy atom. The summed E-state index contributed by atoms with van der Waals surface area (Å²) in [4.78, 5) is 14.1. The highest BCUT2D eigenvalue weighted by Crippen LogP contribution is 2.18. The highest BCUT2D eigenvalue weighted by molar-refractivity contribution is 7.88. The molecule has 7 heteroatoms. The van der Waals surface area contributed by atoms with E-state index >= 15 is 0 Å². The average Bonchev–Trinajstić information content (AvgIpc) is 2.42. The second-order valence-corrected chi connectivity index (χ2v) is 7.52. The molecule has 0 aromatic carbocycles. The summed E-state index contributed by atoms with van der Waals surface area (Å²) in [7, 11) is -3.16. The molecule has 0 spiro atoms. The maximum absolute atomic E-state index is 12.2. The van der Waals surface area contributed by atoms with E-state index < -0.39 is 10.0 Å². The average molecular weight is 305 g/mol. The van der Waals surface area contributed by atoms with Gasteiger partial charge < -0.3 is 10.6 Å². The molecule has 1 rings (SSSR count). The number of piperidine rings is 1. The number of hydrogen-bond acceptors (Lipinski definition) is 4. The molecule has 1 fully saturated rings. The Morgan fingerprint density at radius 3 is 2.75 bits per heavy atom. The smallest absolute Gasteiger partial charge is 0.222 e. The van der Waals surface area contributed by atoms with Crippen LogP contribution in [0.25, 0.3) is 0 Å². The highest BCUT2D eigenvalue weighted by Gasteiger charge is 2.25. The molecular weight excluding hydrogens is 278 g/mol. The van der Waals surface area contributed by atoms with Crippen molar-refractivity contribution in [2.75, 3.05) is 32.4 Å². The lowest BCUT2D eigenvalue weighted by Gasteiger charge is -2.33. The molecule has 0 radical (unpaired) electrons. The number of nitrogens with two attached hydrogens (primary N) is 1. The van der Waals surface area contributed by atoms with Gasteiger partial charge in [0.25, 0.3) is 0 Å². The van der Waals surface area contributed by atoms with Gasteiger partial charge in [0.15, 0.2) is 0 Å². The molecule has 0 aromatic heterocycles. The number of nitrogens with one attached hydrogen (secondary N) is 1. The SMILES string of the molecule is CCC(CN)CC(=O)N1CCCC(CNS(C)(=O)=O)C1. The van der Waals surface area contributed by atoms with Crippen molar-refractivity contribution in [3.05, 3.63) is 0 Å². The molecule has 0 aromatic rings. The third-order valence-electron chi connectivity index (χ3n) is 3.88. The van der Waals surface area contributed by atoms with E-state index in [0.29, 0.717) is 26.1 Å². The molecule has 1 amide bonds. The summed E-state index contributed by atoms with van der Waals surface area (Å²) in [6.45, 7) is 4.41. The van der Waals surface area contributed by atoms with Gasteiger partial charge in [-0.05, 0) is 31.2 Å². The van der Waals surface area contributed by atoms with E-state index in [-0.39, 0.29) is 17.7 Å². The second-order valence-electron chi connectivity index (χ2n) is 5.68. The van der Waals surface area contributed by atoms with Crippen LogP contribution >= 0.6 is 0 Å². The van der Waals surface area contributed by atoms with Gasteiger partial charge in [0.1, 0.15) is 0 Å². The lowest BCUT2D eigenvalue weighted by atomic mass is 9.96. The van der Waals surface area contributed by atoms with Gasteiger partial charge in [-0.25, -0.2) is 13.1 Å². The van der Waals surface area contributed by atoms with Gasteiger partial charge in [0.2, 0.25) is 15.9 Å². The van der Waals surface area contributed by atoms with Gasteiger partial charge in [0.05, 0.1) is 6.26 Å². The fraction of sp³-hybridized carbons (Fsp3) is 0.923. The van der Waals surface area contributed by atoms with Crippen molar-refractivity contribution >= 4 is 15.9 Å². The Bertz CT molecular complexity index is 407. The Kier molecular flexibility index (Phi) is 6.91.